The molecule has 0 spiro atoms. The van der Waals surface area contributed by atoms with Gasteiger partial charge in [0.15, 0.2) is 0 Å². The molecular weight excluding hydrogens is 396 g/mol. The Morgan fingerprint density at radius 3 is 2.61 bits per heavy atom. The topological polar surface area (TPSA) is 20.2 Å². The van der Waals surface area contributed by atoms with E-state index in [0.29, 0.717) is 12.2 Å². The highest BCUT2D eigenvalue weighted by Crippen LogP contribution is 2.29. The van der Waals surface area contributed by atoms with E-state index in [-0.39, 0.29) is 6.10 Å². The first-order valence-electron chi connectivity index (χ1n) is 5.44. The summed E-state index contributed by atoms with van der Waals surface area (Å²) in [5.74, 6) is 0.701. The summed E-state index contributed by atoms with van der Waals surface area (Å²) >= 11 is 10.4. The molecule has 1 unspecified atom stereocenters. The second-order valence-corrected chi connectivity index (χ2v) is 7.56. The third-order valence-electron chi connectivity index (χ3n) is 2.38. The highest BCUT2D eigenvalue weighted by molar-refractivity contribution is 9.10. The lowest BCUT2D eigenvalue weighted by Crippen LogP contribution is -2.12. The molecule has 96 valence electrons. The smallest absolute Gasteiger partial charge is 0.0682 e. The molecule has 0 aliphatic carbocycles. The molecule has 0 saturated carbocycles. The monoisotopic (exact) mass is 406 g/mol. The van der Waals surface area contributed by atoms with E-state index in [0.717, 1.165) is 8.95 Å². The van der Waals surface area contributed by atoms with E-state index < -0.39 is 0 Å². The summed E-state index contributed by atoms with van der Waals surface area (Å²) in [6, 6.07) is 10.1. The fourth-order valence-electron chi connectivity index (χ4n) is 1.49. The maximum atomic E-state index is 10.0. The van der Waals surface area contributed by atoms with Gasteiger partial charge in [-0.3, -0.25) is 0 Å². The maximum absolute atomic E-state index is 10.0. The van der Waals surface area contributed by atoms with Crippen molar-refractivity contribution in [3.63, 3.8) is 0 Å². The van der Waals surface area contributed by atoms with Crippen LogP contribution in [0.25, 0.3) is 0 Å². The molecule has 0 radical (unpaired) electrons. The van der Waals surface area contributed by atoms with E-state index in [4.69, 9.17) is 0 Å². The van der Waals surface area contributed by atoms with E-state index in [9.17, 15) is 5.11 Å². The minimum atomic E-state index is -0.322. The number of aliphatic hydroxyl groups is 1. The van der Waals surface area contributed by atoms with Crippen molar-refractivity contribution in [1.82, 2.24) is 0 Å². The van der Waals surface area contributed by atoms with E-state index >= 15 is 0 Å². The minimum Gasteiger partial charge on any atom is -0.392 e. The molecule has 1 nitrogen and oxygen atoms in total. The van der Waals surface area contributed by atoms with Crippen LogP contribution in [-0.2, 0) is 6.42 Å². The number of hydrogen-bond donors (Lipinski definition) is 1. The molecule has 18 heavy (non-hydrogen) atoms. The molecule has 0 amide bonds. The van der Waals surface area contributed by atoms with Gasteiger partial charge in [-0.05, 0) is 55.4 Å². The van der Waals surface area contributed by atoms with Crippen LogP contribution >= 0.6 is 55.0 Å². The van der Waals surface area contributed by atoms with Crippen molar-refractivity contribution >= 4 is 55.0 Å². The molecule has 0 aliphatic rings. The van der Waals surface area contributed by atoms with Gasteiger partial charge in [-0.2, -0.15) is 0 Å². The van der Waals surface area contributed by atoms with Gasteiger partial charge >= 0.3 is 0 Å². The first-order valence-corrected chi connectivity index (χ1v) is 8.89. The minimum absolute atomic E-state index is 0.322. The summed E-state index contributed by atoms with van der Waals surface area (Å²) in [5, 5.41) is 12.1. The van der Waals surface area contributed by atoms with Crippen LogP contribution in [0.4, 0.5) is 0 Å². The van der Waals surface area contributed by atoms with Gasteiger partial charge in [-0.15, -0.1) is 23.1 Å². The van der Waals surface area contributed by atoms with Gasteiger partial charge in [0.1, 0.15) is 0 Å². The lowest BCUT2D eigenvalue weighted by atomic mass is 10.2. The third-order valence-corrected chi connectivity index (χ3v) is 6.50. The van der Waals surface area contributed by atoms with Crippen molar-refractivity contribution in [2.45, 2.75) is 17.4 Å². The second-order valence-electron chi connectivity index (χ2n) is 3.79. The highest BCUT2D eigenvalue weighted by atomic mass is 79.9. The van der Waals surface area contributed by atoms with Gasteiger partial charge in [-0.25, -0.2) is 0 Å². The van der Waals surface area contributed by atoms with Crippen LogP contribution in [0, 0.1) is 0 Å². The Labute approximate surface area is 132 Å². The van der Waals surface area contributed by atoms with Gasteiger partial charge in [0.2, 0.25) is 0 Å². The van der Waals surface area contributed by atoms with Crippen molar-refractivity contribution in [3.05, 3.63) is 49.5 Å². The van der Waals surface area contributed by atoms with E-state index in [2.05, 4.69) is 37.9 Å². The Balaban J connectivity index is 1.87. The molecule has 0 fully saturated rings. The largest absolute Gasteiger partial charge is 0.392 e. The van der Waals surface area contributed by atoms with Gasteiger partial charge in [0.25, 0.3) is 0 Å². The molecule has 2 rings (SSSR count). The lowest BCUT2D eigenvalue weighted by molar-refractivity contribution is 0.201. The number of rotatable bonds is 5. The molecule has 1 N–H and O–H groups in total. The van der Waals surface area contributed by atoms with Gasteiger partial charge in [0.05, 0.1) is 6.10 Å². The van der Waals surface area contributed by atoms with Crippen LogP contribution in [-0.4, -0.2) is 17.0 Å². The number of halogens is 2. The van der Waals surface area contributed by atoms with Crippen molar-refractivity contribution in [1.29, 1.82) is 0 Å². The molecule has 1 aromatic carbocycles. The first-order chi connectivity index (χ1) is 8.66. The normalized spacial score (nSPS) is 12.6. The first kappa shape index (κ1) is 14.6. The Kier molecular flexibility index (Phi) is 5.76. The number of benzene rings is 1. The Morgan fingerprint density at radius 2 is 1.94 bits per heavy atom. The molecular formula is C13H12Br2OS2. The SMILES string of the molecule is OC(CSc1ccccc1Br)Cc1sccc1Br. The summed E-state index contributed by atoms with van der Waals surface area (Å²) in [4.78, 5) is 2.37. The molecule has 0 bridgehead atoms. The molecule has 0 saturated heterocycles. The zero-order valence-corrected chi connectivity index (χ0v) is 14.3. The summed E-state index contributed by atoms with van der Waals surface area (Å²) in [7, 11) is 0. The molecule has 1 aromatic heterocycles. The van der Waals surface area contributed by atoms with Gasteiger partial charge in [0, 0.05) is 30.9 Å². The summed E-state index contributed by atoms with van der Waals surface area (Å²) in [6.45, 7) is 0. The highest BCUT2D eigenvalue weighted by Gasteiger charge is 2.10. The Hall–Kier alpha value is 0.190. The predicted molar refractivity (Wildman–Crippen MR) is 86.6 cm³/mol. The quantitative estimate of drug-likeness (QED) is 0.706. The van der Waals surface area contributed by atoms with Crippen molar-refractivity contribution in [2.75, 3.05) is 5.75 Å². The summed E-state index contributed by atoms with van der Waals surface area (Å²) in [5.41, 5.74) is 0. The van der Waals surface area contributed by atoms with Crippen LogP contribution in [0.15, 0.2) is 49.6 Å². The molecule has 1 atom stereocenters. The van der Waals surface area contributed by atoms with Gasteiger partial charge < -0.3 is 5.11 Å². The number of hydrogen-bond acceptors (Lipinski definition) is 3. The van der Waals surface area contributed by atoms with Crippen LogP contribution < -0.4 is 0 Å². The molecule has 2 aromatic rings. The zero-order chi connectivity index (χ0) is 13.0. The molecule has 0 aliphatic heterocycles. The fourth-order valence-corrected chi connectivity index (χ4v) is 4.58. The van der Waals surface area contributed by atoms with E-state index in [1.54, 1.807) is 23.1 Å². The standard InChI is InChI=1S/C13H12Br2OS2/c14-10-3-1-2-4-12(10)18-8-9(16)7-13-11(15)5-6-17-13/h1-6,9,16H,7-8H2. The lowest BCUT2D eigenvalue weighted by Gasteiger charge is -2.10. The van der Waals surface area contributed by atoms with Crippen LogP contribution in [0.5, 0.6) is 0 Å². The van der Waals surface area contributed by atoms with E-state index in [1.807, 2.05) is 29.6 Å². The van der Waals surface area contributed by atoms with Gasteiger partial charge in [-0.1, -0.05) is 12.1 Å². The van der Waals surface area contributed by atoms with Crippen LogP contribution in [0.1, 0.15) is 4.88 Å². The second kappa shape index (κ2) is 7.10. The number of thioether (sulfide) groups is 1. The average molecular weight is 408 g/mol. The van der Waals surface area contributed by atoms with Crippen LogP contribution in [0.2, 0.25) is 0 Å². The summed E-state index contributed by atoms with van der Waals surface area (Å²) < 4.78 is 2.18. The van der Waals surface area contributed by atoms with Crippen molar-refractivity contribution in [3.8, 4) is 0 Å². The number of thiophene rings is 1. The van der Waals surface area contributed by atoms with E-state index in [1.165, 1.54) is 9.77 Å². The zero-order valence-electron chi connectivity index (χ0n) is 9.48. The molecule has 1 heterocycles. The predicted octanol–water partition coefficient (Wildman–Crippen LogP) is 4.97. The Morgan fingerprint density at radius 1 is 1.17 bits per heavy atom. The van der Waals surface area contributed by atoms with Crippen molar-refractivity contribution in [2.24, 2.45) is 0 Å². The fraction of sp³-hybridized carbons (Fsp3) is 0.231. The maximum Gasteiger partial charge on any atom is 0.0682 e. The molecule has 5 heteroatoms. The van der Waals surface area contributed by atoms with Crippen LogP contribution in [0.3, 0.4) is 0 Å². The Bertz CT molecular complexity index is 513. The number of aliphatic hydroxyl groups excluding tert-OH is 1. The van der Waals surface area contributed by atoms with Crippen molar-refractivity contribution < 1.29 is 5.11 Å². The summed E-state index contributed by atoms with van der Waals surface area (Å²) in [6.07, 6.45) is 0.382. The average Bonchev–Trinajstić information content (AvgIpc) is 2.74. The third kappa shape index (κ3) is 4.10.